The van der Waals surface area contributed by atoms with E-state index >= 15 is 0 Å². The molecule has 0 saturated heterocycles. The first-order chi connectivity index (χ1) is 10.5. The Morgan fingerprint density at radius 2 is 2.27 bits per heavy atom. The molecular formula is C16H18ClN3O2. The number of aromatic nitrogens is 2. The maximum atomic E-state index is 12.7. The topological polar surface area (TPSA) is 68.0 Å². The van der Waals surface area contributed by atoms with Crippen molar-refractivity contribution in [2.24, 2.45) is 5.92 Å². The van der Waals surface area contributed by atoms with Crippen LogP contribution < -0.4 is 5.32 Å². The standard InChI is InChI=1S/C16H18ClN3O2/c1-10-7-16(8-10,12-4-3-5-13(17)6-12)15(21)18-9-14-19-11(2)20-22-14/h3-6,10H,7-9H2,1-2H3,(H,18,21). The number of benzene rings is 1. The second kappa shape index (κ2) is 5.72. The molecule has 5 nitrogen and oxygen atoms in total. The van der Waals surface area contributed by atoms with Gasteiger partial charge in [-0.25, -0.2) is 0 Å². The Hall–Kier alpha value is -1.88. The third kappa shape index (κ3) is 2.73. The van der Waals surface area contributed by atoms with E-state index in [9.17, 15) is 4.79 Å². The SMILES string of the molecule is Cc1noc(CNC(=O)C2(c3cccc(Cl)c3)CC(C)C2)n1. The number of aryl methyl sites for hydroxylation is 1. The lowest BCUT2D eigenvalue weighted by molar-refractivity contribution is -0.132. The van der Waals surface area contributed by atoms with Crippen molar-refractivity contribution >= 4 is 17.5 Å². The van der Waals surface area contributed by atoms with Crippen LogP contribution in [0.3, 0.4) is 0 Å². The summed E-state index contributed by atoms with van der Waals surface area (Å²) in [6.07, 6.45) is 1.64. The van der Waals surface area contributed by atoms with Crippen LogP contribution >= 0.6 is 11.6 Å². The zero-order valence-corrected chi connectivity index (χ0v) is 13.4. The highest BCUT2D eigenvalue weighted by atomic mass is 35.5. The molecular weight excluding hydrogens is 302 g/mol. The highest BCUT2D eigenvalue weighted by Crippen LogP contribution is 2.48. The van der Waals surface area contributed by atoms with Gasteiger partial charge in [0.15, 0.2) is 5.82 Å². The predicted molar refractivity (Wildman–Crippen MR) is 82.4 cm³/mol. The van der Waals surface area contributed by atoms with Gasteiger partial charge in [-0.05, 0) is 43.4 Å². The van der Waals surface area contributed by atoms with Crippen LogP contribution in [0.2, 0.25) is 5.02 Å². The first kappa shape index (κ1) is 15.0. The van der Waals surface area contributed by atoms with E-state index in [0.29, 0.717) is 22.7 Å². The van der Waals surface area contributed by atoms with E-state index in [2.05, 4.69) is 22.4 Å². The monoisotopic (exact) mass is 319 g/mol. The molecule has 0 radical (unpaired) electrons. The zero-order valence-electron chi connectivity index (χ0n) is 12.6. The number of carbonyl (C=O) groups is 1. The molecule has 1 amide bonds. The highest BCUT2D eigenvalue weighted by molar-refractivity contribution is 6.30. The third-order valence-electron chi connectivity index (χ3n) is 4.18. The Balaban J connectivity index is 1.77. The van der Waals surface area contributed by atoms with Crippen LogP contribution in [0.25, 0.3) is 0 Å². The fraction of sp³-hybridized carbons (Fsp3) is 0.438. The quantitative estimate of drug-likeness (QED) is 0.940. The van der Waals surface area contributed by atoms with Crippen LogP contribution in [0, 0.1) is 12.8 Å². The lowest BCUT2D eigenvalue weighted by Gasteiger charge is -2.45. The molecule has 0 spiro atoms. The molecule has 1 N–H and O–H groups in total. The summed E-state index contributed by atoms with van der Waals surface area (Å²) in [5.41, 5.74) is 0.469. The largest absolute Gasteiger partial charge is 0.346 e. The fourth-order valence-corrected chi connectivity index (χ4v) is 3.40. The Labute approximate surface area is 134 Å². The number of amides is 1. The zero-order chi connectivity index (χ0) is 15.7. The molecule has 0 aliphatic heterocycles. The van der Waals surface area contributed by atoms with Crippen molar-refractivity contribution in [1.82, 2.24) is 15.5 Å². The molecule has 3 rings (SSSR count). The molecule has 1 saturated carbocycles. The summed E-state index contributed by atoms with van der Waals surface area (Å²) in [7, 11) is 0. The second-order valence-electron chi connectivity index (χ2n) is 6.02. The van der Waals surface area contributed by atoms with Crippen molar-refractivity contribution in [3.05, 3.63) is 46.6 Å². The van der Waals surface area contributed by atoms with E-state index in [1.807, 2.05) is 24.3 Å². The summed E-state index contributed by atoms with van der Waals surface area (Å²) < 4.78 is 5.03. The van der Waals surface area contributed by atoms with Crippen molar-refractivity contribution in [1.29, 1.82) is 0 Å². The van der Waals surface area contributed by atoms with Crippen molar-refractivity contribution in [3.63, 3.8) is 0 Å². The normalized spacial score (nSPS) is 23.9. The molecule has 6 heteroatoms. The Morgan fingerprint density at radius 3 is 2.86 bits per heavy atom. The first-order valence-corrected chi connectivity index (χ1v) is 7.71. The average molecular weight is 320 g/mol. The third-order valence-corrected chi connectivity index (χ3v) is 4.41. The van der Waals surface area contributed by atoms with Gasteiger partial charge in [-0.15, -0.1) is 0 Å². The molecule has 1 aromatic carbocycles. The number of rotatable bonds is 4. The number of nitrogens with one attached hydrogen (secondary N) is 1. The highest BCUT2D eigenvalue weighted by Gasteiger charge is 2.49. The number of halogens is 1. The molecule has 116 valence electrons. The molecule has 1 aliphatic rings. The second-order valence-corrected chi connectivity index (χ2v) is 6.46. The van der Waals surface area contributed by atoms with Gasteiger partial charge in [-0.1, -0.05) is 35.8 Å². The Morgan fingerprint density at radius 1 is 1.50 bits per heavy atom. The van der Waals surface area contributed by atoms with E-state index in [0.717, 1.165) is 18.4 Å². The van der Waals surface area contributed by atoms with E-state index in [4.69, 9.17) is 16.1 Å². The van der Waals surface area contributed by atoms with Gasteiger partial charge in [0.1, 0.15) is 0 Å². The summed E-state index contributed by atoms with van der Waals surface area (Å²) in [6.45, 7) is 4.14. The van der Waals surface area contributed by atoms with Crippen molar-refractivity contribution in [2.45, 2.75) is 38.6 Å². The van der Waals surface area contributed by atoms with E-state index < -0.39 is 5.41 Å². The van der Waals surface area contributed by atoms with E-state index in [1.165, 1.54) is 0 Å². The summed E-state index contributed by atoms with van der Waals surface area (Å²) >= 11 is 6.08. The fourth-order valence-electron chi connectivity index (χ4n) is 3.21. The van der Waals surface area contributed by atoms with E-state index in [-0.39, 0.29) is 12.5 Å². The minimum atomic E-state index is -0.501. The van der Waals surface area contributed by atoms with Crippen LogP contribution in [0.4, 0.5) is 0 Å². The maximum absolute atomic E-state index is 12.7. The Kier molecular flexibility index (Phi) is 3.91. The first-order valence-electron chi connectivity index (χ1n) is 7.33. The van der Waals surface area contributed by atoms with Gasteiger partial charge in [0, 0.05) is 5.02 Å². The summed E-state index contributed by atoms with van der Waals surface area (Å²) in [5.74, 6) is 1.49. The molecule has 2 aromatic rings. The van der Waals surface area contributed by atoms with Gasteiger partial charge in [0.2, 0.25) is 11.8 Å². The minimum absolute atomic E-state index is 0.0104. The lowest BCUT2D eigenvalue weighted by Crippen LogP contribution is -2.52. The lowest BCUT2D eigenvalue weighted by atomic mass is 9.58. The van der Waals surface area contributed by atoms with Crippen LogP contribution in [0.1, 0.15) is 37.0 Å². The number of hydrogen-bond donors (Lipinski definition) is 1. The van der Waals surface area contributed by atoms with Crippen molar-refractivity contribution < 1.29 is 9.32 Å². The molecule has 1 heterocycles. The maximum Gasteiger partial charge on any atom is 0.246 e. The molecule has 0 bridgehead atoms. The summed E-state index contributed by atoms with van der Waals surface area (Å²) in [4.78, 5) is 16.8. The smallest absolute Gasteiger partial charge is 0.246 e. The molecule has 0 unspecified atom stereocenters. The van der Waals surface area contributed by atoms with Gasteiger partial charge in [-0.3, -0.25) is 4.79 Å². The van der Waals surface area contributed by atoms with Crippen molar-refractivity contribution in [3.8, 4) is 0 Å². The molecule has 1 fully saturated rings. The van der Waals surface area contributed by atoms with Crippen LogP contribution in [-0.4, -0.2) is 16.0 Å². The van der Waals surface area contributed by atoms with Gasteiger partial charge in [0.05, 0.1) is 12.0 Å². The number of carbonyl (C=O) groups excluding carboxylic acids is 1. The van der Waals surface area contributed by atoms with Gasteiger partial charge in [0.25, 0.3) is 0 Å². The Bertz CT molecular complexity index is 692. The number of hydrogen-bond acceptors (Lipinski definition) is 4. The molecule has 22 heavy (non-hydrogen) atoms. The van der Waals surface area contributed by atoms with Crippen molar-refractivity contribution in [2.75, 3.05) is 0 Å². The number of nitrogens with zero attached hydrogens (tertiary/aromatic N) is 2. The van der Waals surface area contributed by atoms with Gasteiger partial charge < -0.3 is 9.84 Å². The van der Waals surface area contributed by atoms with Gasteiger partial charge in [-0.2, -0.15) is 4.98 Å². The molecule has 1 aliphatic carbocycles. The van der Waals surface area contributed by atoms with Crippen LogP contribution in [0.15, 0.2) is 28.8 Å². The average Bonchev–Trinajstić information content (AvgIpc) is 2.87. The summed E-state index contributed by atoms with van der Waals surface area (Å²) in [5, 5.41) is 7.28. The van der Waals surface area contributed by atoms with Crippen LogP contribution in [0.5, 0.6) is 0 Å². The minimum Gasteiger partial charge on any atom is -0.346 e. The molecule has 1 aromatic heterocycles. The summed E-state index contributed by atoms with van der Waals surface area (Å²) in [6, 6.07) is 7.55. The van der Waals surface area contributed by atoms with E-state index in [1.54, 1.807) is 6.92 Å². The predicted octanol–water partition coefficient (Wildman–Crippen LogP) is 3.02. The van der Waals surface area contributed by atoms with Crippen LogP contribution in [-0.2, 0) is 16.8 Å². The van der Waals surface area contributed by atoms with Gasteiger partial charge >= 0.3 is 0 Å². The molecule has 0 atom stereocenters.